The molecular weight excluding hydrogens is 417 g/mol. The third-order valence-corrected chi connectivity index (χ3v) is 7.65. The monoisotopic (exact) mass is 449 g/mol. The zero-order chi connectivity index (χ0) is 22.6. The molecule has 0 aliphatic rings. The fourth-order valence-corrected chi connectivity index (χ4v) is 6.39. The molecule has 1 nitrogen and oxygen atoms in total. The van der Waals surface area contributed by atoms with Crippen molar-refractivity contribution >= 4 is 24.1 Å². The van der Waals surface area contributed by atoms with E-state index in [2.05, 4.69) is 56.3 Å². The SMILES string of the molecule is [2H]C(C)(C)c1cccc(C([2H])(C)C)c1-c1cc2cnc(-c3cc(C)cc(C)c3)cc2[se]1. The number of aryl methyl sites for hydroxylation is 2. The van der Waals surface area contributed by atoms with E-state index in [0.29, 0.717) is 0 Å². The maximum atomic E-state index is 8.73. The van der Waals surface area contributed by atoms with Gasteiger partial charge < -0.3 is 0 Å². The van der Waals surface area contributed by atoms with Crippen molar-refractivity contribution < 1.29 is 2.74 Å². The van der Waals surface area contributed by atoms with Gasteiger partial charge in [-0.3, -0.25) is 0 Å². The van der Waals surface area contributed by atoms with E-state index in [1.807, 2.05) is 40.0 Å². The van der Waals surface area contributed by atoms with Gasteiger partial charge in [0.15, 0.2) is 0 Å². The van der Waals surface area contributed by atoms with Crippen LogP contribution in [0.1, 0.15) is 64.5 Å². The Morgan fingerprint density at radius 1 is 0.862 bits per heavy atom. The number of fused-ring (bicyclic) bond motifs is 1. The molecule has 0 aliphatic heterocycles. The predicted octanol–water partition coefficient (Wildman–Crippen LogP) is 7.49. The van der Waals surface area contributed by atoms with Gasteiger partial charge in [-0.2, -0.15) is 0 Å². The quantitative estimate of drug-likeness (QED) is 0.295. The fourth-order valence-electron chi connectivity index (χ4n) is 3.99. The summed E-state index contributed by atoms with van der Waals surface area (Å²) in [7, 11) is 0. The second-order valence-electron chi connectivity index (χ2n) is 8.32. The van der Waals surface area contributed by atoms with Gasteiger partial charge in [0.2, 0.25) is 0 Å². The van der Waals surface area contributed by atoms with E-state index in [-0.39, 0.29) is 14.5 Å². The fraction of sp³-hybridized carbons (Fsp3) is 0.296. The molecule has 4 rings (SSSR count). The summed E-state index contributed by atoms with van der Waals surface area (Å²) in [5.41, 5.74) is 7.74. The summed E-state index contributed by atoms with van der Waals surface area (Å²) in [6.45, 7) is 12.0. The second-order valence-corrected chi connectivity index (χ2v) is 10.6. The second kappa shape index (κ2) is 7.94. The summed E-state index contributed by atoms with van der Waals surface area (Å²) in [4.78, 5) is 4.76. The van der Waals surface area contributed by atoms with Gasteiger partial charge in [0.1, 0.15) is 0 Å². The summed E-state index contributed by atoms with van der Waals surface area (Å²) >= 11 is 0.104. The number of hydrogen-bond donors (Lipinski definition) is 0. The minimum absolute atomic E-state index is 0.104. The average Bonchev–Trinajstić information content (AvgIpc) is 3.08. The molecule has 148 valence electrons. The Bertz CT molecular complexity index is 1220. The number of rotatable bonds is 4. The Morgan fingerprint density at radius 3 is 2.07 bits per heavy atom. The molecule has 0 radical (unpaired) electrons. The molecule has 0 atom stereocenters. The van der Waals surface area contributed by atoms with E-state index in [4.69, 9.17) is 7.73 Å². The van der Waals surface area contributed by atoms with Crippen molar-refractivity contribution in [1.82, 2.24) is 4.98 Å². The third kappa shape index (κ3) is 3.97. The van der Waals surface area contributed by atoms with E-state index in [1.54, 1.807) is 0 Å². The molecule has 2 aromatic heterocycles. The molecule has 2 heterocycles. The topological polar surface area (TPSA) is 12.9 Å². The summed E-state index contributed by atoms with van der Waals surface area (Å²) in [5.74, 6) is -1.46. The van der Waals surface area contributed by atoms with Crippen LogP contribution in [-0.2, 0) is 0 Å². The van der Waals surface area contributed by atoms with Gasteiger partial charge in [-0.05, 0) is 0 Å². The van der Waals surface area contributed by atoms with Gasteiger partial charge in [-0.15, -0.1) is 0 Å². The Kier molecular flexibility index (Phi) is 4.84. The van der Waals surface area contributed by atoms with E-state index >= 15 is 0 Å². The molecular formula is C27H29NSe. The zero-order valence-electron chi connectivity index (χ0n) is 20.1. The summed E-state index contributed by atoms with van der Waals surface area (Å²) in [5, 5.41) is 1.16. The molecule has 0 saturated carbocycles. The molecule has 0 spiro atoms. The van der Waals surface area contributed by atoms with Crippen LogP contribution < -0.4 is 0 Å². The molecule has 0 amide bonds. The van der Waals surface area contributed by atoms with Crippen molar-refractivity contribution in [3.8, 4) is 21.3 Å². The first-order valence-corrected chi connectivity index (χ1v) is 11.8. The first-order chi connectivity index (χ1) is 14.4. The average molecular weight is 449 g/mol. The van der Waals surface area contributed by atoms with Gasteiger partial charge in [0.25, 0.3) is 0 Å². The predicted molar refractivity (Wildman–Crippen MR) is 127 cm³/mol. The first kappa shape index (κ1) is 17.7. The first-order valence-electron chi connectivity index (χ1n) is 11.1. The molecule has 0 N–H and O–H groups in total. The van der Waals surface area contributed by atoms with Crippen molar-refractivity contribution in [1.29, 1.82) is 0 Å². The van der Waals surface area contributed by atoms with E-state index in [9.17, 15) is 0 Å². The Morgan fingerprint density at radius 2 is 1.48 bits per heavy atom. The van der Waals surface area contributed by atoms with Gasteiger partial charge in [0.05, 0.1) is 0 Å². The minimum atomic E-state index is -0.731. The van der Waals surface area contributed by atoms with Crippen LogP contribution in [0.5, 0.6) is 0 Å². The normalized spacial score (nSPS) is 13.4. The van der Waals surface area contributed by atoms with Crippen LogP contribution in [0.2, 0.25) is 0 Å². The van der Waals surface area contributed by atoms with Gasteiger partial charge in [-0.1, -0.05) is 0 Å². The Balaban J connectivity index is 1.92. The van der Waals surface area contributed by atoms with Crippen molar-refractivity contribution in [2.45, 2.75) is 53.3 Å². The standard InChI is InChI=1S/C27H29NSe/c1-16(2)22-8-7-9-23(17(3)4)27(22)26-13-21-15-28-24(14-25(21)29-26)20-11-18(5)10-19(6)12-20/h7-17H,1-6H3/i16D,17D. The molecule has 2 aromatic carbocycles. The van der Waals surface area contributed by atoms with Crippen LogP contribution in [0.4, 0.5) is 0 Å². The maximum absolute atomic E-state index is 8.73. The number of hydrogen-bond acceptors (Lipinski definition) is 1. The van der Waals surface area contributed by atoms with Crippen LogP contribution >= 0.6 is 0 Å². The molecule has 0 saturated heterocycles. The molecule has 0 aliphatic carbocycles. The van der Waals surface area contributed by atoms with Crippen LogP contribution in [0.25, 0.3) is 30.9 Å². The molecule has 2 heteroatoms. The third-order valence-electron chi connectivity index (χ3n) is 5.31. The summed E-state index contributed by atoms with van der Waals surface area (Å²) in [6, 6.07) is 17.1. The number of nitrogens with zero attached hydrogens (tertiary/aromatic N) is 1. The Labute approximate surface area is 183 Å². The number of aromatic nitrogens is 1. The van der Waals surface area contributed by atoms with Crippen molar-refractivity contribution in [3.63, 3.8) is 0 Å². The van der Waals surface area contributed by atoms with E-state index in [0.717, 1.165) is 33.3 Å². The van der Waals surface area contributed by atoms with Crippen molar-refractivity contribution in [2.75, 3.05) is 0 Å². The molecule has 4 aromatic rings. The molecule has 0 fully saturated rings. The zero-order valence-corrected chi connectivity index (χ0v) is 19.8. The Hall–Kier alpha value is -2.15. The van der Waals surface area contributed by atoms with E-state index < -0.39 is 11.8 Å². The van der Waals surface area contributed by atoms with Crippen LogP contribution in [0.3, 0.4) is 0 Å². The summed E-state index contributed by atoms with van der Waals surface area (Å²) < 4.78 is 20.0. The van der Waals surface area contributed by atoms with Crippen molar-refractivity contribution in [2.24, 2.45) is 0 Å². The number of pyridine rings is 1. The van der Waals surface area contributed by atoms with Crippen molar-refractivity contribution in [3.05, 3.63) is 77.0 Å². The molecule has 0 unspecified atom stereocenters. The molecule has 29 heavy (non-hydrogen) atoms. The number of benzene rings is 2. The van der Waals surface area contributed by atoms with Gasteiger partial charge in [0, 0.05) is 0 Å². The van der Waals surface area contributed by atoms with E-state index in [1.165, 1.54) is 19.8 Å². The van der Waals surface area contributed by atoms with Gasteiger partial charge in [-0.25, -0.2) is 0 Å². The summed E-state index contributed by atoms with van der Waals surface area (Å²) in [6.07, 6.45) is 1.98. The van der Waals surface area contributed by atoms with Crippen LogP contribution in [0.15, 0.2) is 54.7 Å². The molecule has 0 bridgehead atoms. The van der Waals surface area contributed by atoms with Crippen LogP contribution in [0, 0.1) is 13.8 Å². The van der Waals surface area contributed by atoms with Crippen LogP contribution in [-0.4, -0.2) is 19.5 Å². The van der Waals surface area contributed by atoms with Gasteiger partial charge >= 0.3 is 183 Å².